The summed E-state index contributed by atoms with van der Waals surface area (Å²) >= 11 is 1.58. The molecule has 0 bridgehead atoms. The zero-order valence-corrected chi connectivity index (χ0v) is 24.7. The van der Waals surface area contributed by atoms with Crippen LogP contribution in [0.3, 0.4) is 0 Å². The van der Waals surface area contributed by atoms with Crippen molar-refractivity contribution in [2.75, 3.05) is 0 Å². The first kappa shape index (κ1) is 38.3. The van der Waals surface area contributed by atoms with Crippen LogP contribution in [0.4, 0.5) is 0 Å². The Morgan fingerprint density at radius 2 is 1.00 bits per heavy atom. The van der Waals surface area contributed by atoms with Gasteiger partial charge in [0.05, 0.1) is 0 Å². The molecule has 2 aliphatic carbocycles. The summed E-state index contributed by atoms with van der Waals surface area (Å²) in [5.74, 6) is 1.04. The molecule has 0 saturated carbocycles. The van der Waals surface area contributed by atoms with E-state index < -0.39 is 0 Å². The second kappa shape index (κ2) is 18.7. The van der Waals surface area contributed by atoms with Crippen LogP contribution in [0.2, 0.25) is 0 Å². The van der Waals surface area contributed by atoms with E-state index in [1.165, 1.54) is 11.1 Å². The number of allylic oxidation sites excluding steroid dienone is 8. The molecule has 0 radical (unpaired) electrons. The fourth-order valence-corrected chi connectivity index (χ4v) is 2.11. The molecule has 0 aliphatic heterocycles. The zero-order valence-electron chi connectivity index (χ0n) is 19.2. The second-order valence-electron chi connectivity index (χ2n) is 7.94. The van der Waals surface area contributed by atoms with Gasteiger partial charge in [-0.15, -0.1) is 24.8 Å². The topological polar surface area (TPSA) is 0 Å². The van der Waals surface area contributed by atoms with Crippen molar-refractivity contribution in [3.05, 3.63) is 62.0 Å². The summed E-state index contributed by atoms with van der Waals surface area (Å²) in [6.45, 7) is 24.7. The third-order valence-electron chi connectivity index (χ3n) is 3.59. The molecule has 2 aliphatic rings. The van der Waals surface area contributed by atoms with E-state index in [4.69, 9.17) is 0 Å². The number of hydrogen-bond donors (Lipinski definition) is 0. The molecule has 0 nitrogen and oxygen atoms in total. The molecule has 0 amide bonds. The van der Waals surface area contributed by atoms with E-state index in [0.717, 1.165) is 0 Å². The molecule has 0 fully saturated rings. The van der Waals surface area contributed by atoms with Crippen LogP contribution in [-0.4, -0.2) is 6.88 Å². The first-order valence-electron chi connectivity index (χ1n) is 8.69. The van der Waals surface area contributed by atoms with Gasteiger partial charge in [-0.3, -0.25) is 12.2 Å². The van der Waals surface area contributed by atoms with Crippen LogP contribution in [-0.2, 0) is 23.3 Å². The first-order chi connectivity index (χ1) is 11.0. The Balaban J connectivity index is -0.0000000921. The van der Waals surface area contributed by atoms with Crippen LogP contribution in [0.5, 0.6) is 0 Å². The van der Waals surface area contributed by atoms with Gasteiger partial charge in [-0.25, -0.2) is 12.2 Å². The Bertz CT molecular complexity index is 434. The number of hydrogen-bond acceptors (Lipinski definition) is 0. The molecule has 0 aromatic heterocycles. The quantitative estimate of drug-likeness (QED) is 0.241. The normalized spacial score (nSPS) is 19.0. The van der Waals surface area contributed by atoms with E-state index in [1.54, 1.807) is 30.3 Å². The van der Waals surface area contributed by atoms with Gasteiger partial charge in [0.2, 0.25) is 0 Å². The van der Waals surface area contributed by atoms with Crippen molar-refractivity contribution in [3.8, 4) is 0 Å². The minimum absolute atomic E-state index is 0. The Labute approximate surface area is 200 Å². The molecular weight excluding hydrogens is 466 g/mol. The summed E-state index contributed by atoms with van der Waals surface area (Å²) in [5.41, 5.74) is 3.44. The van der Waals surface area contributed by atoms with Crippen molar-refractivity contribution in [2.24, 2.45) is 22.7 Å². The molecular formula is C23H42Cl2SiZr-4. The van der Waals surface area contributed by atoms with E-state index in [-0.39, 0.29) is 32.2 Å². The van der Waals surface area contributed by atoms with E-state index in [0.29, 0.717) is 22.7 Å². The average molecular weight is 509 g/mol. The summed E-state index contributed by atoms with van der Waals surface area (Å²) in [5, 5.41) is 0. The molecule has 160 valence electrons. The van der Waals surface area contributed by atoms with Crippen molar-refractivity contribution in [2.45, 2.75) is 62.3 Å². The predicted molar refractivity (Wildman–Crippen MR) is 130 cm³/mol. The molecule has 0 aromatic carbocycles. The average Bonchev–Trinajstić information content (AvgIpc) is 3.12. The van der Waals surface area contributed by atoms with Crippen LogP contribution in [0.1, 0.15) is 62.3 Å². The SMILES string of the molecule is CC1[C-]=CC(C(C)(C)C)=C1.CC1[C-]=CC(C(C)(C)C)=C1.Cl.Cl.[CH2-]C.[CH3-].[SiH2]=[Zr]. The molecule has 2 unspecified atom stereocenters. The summed E-state index contributed by atoms with van der Waals surface area (Å²) in [6, 6.07) is 0. The van der Waals surface area contributed by atoms with Gasteiger partial charge in [-0.2, -0.15) is 30.2 Å². The van der Waals surface area contributed by atoms with Gasteiger partial charge in [0.15, 0.2) is 0 Å². The van der Waals surface area contributed by atoms with Crippen LogP contribution in [0, 0.1) is 49.2 Å². The van der Waals surface area contributed by atoms with Crippen LogP contribution < -0.4 is 0 Å². The number of halogens is 2. The molecule has 0 aromatic rings. The third kappa shape index (κ3) is 17.2. The fourth-order valence-electron chi connectivity index (χ4n) is 2.11. The summed E-state index contributed by atoms with van der Waals surface area (Å²) in [4.78, 5) is 0. The standard InChI is InChI=1S/2C10H15.C2H5.CH3.2ClH.H2Si.Zr/c2*1-8-5-6-9(7-8)10(2,3)4;1-2;;;;;/h2*6-8H,1-4H3;1H2,2H3;1H3;2*1H;1H2;/q4*-1;;;;. The van der Waals surface area contributed by atoms with Gasteiger partial charge in [0.25, 0.3) is 0 Å². The van der Waals surface area contributed by atoms with E-state index in [1.807, 2.05) is 6.88 Å². The van der Waals surface area contributed by atoms with Crippen LogP contribution in [0.15, 0.2) is 35.5 Å². The van der Waals surface area contributed by atoms with Gasteiger partial charge >= 0.3 is 30.2 Å². The Morgan fingerprint density at radius 1 is 0.778 bits per heavy atom. The molecule has 2 rings (SSSR count). The van der Waals surface area contributed by atoms with Crippen LogP contribution >= 0.6 is 24.8 Å². The summed E-state index contributed by atoms with van der Waals surface area (Å²) in [6.07, 6.45) is 15.3. The van der Waals surface area contributed by atoms with Gasteiger partial charge in [0.1, 0.15) is 0 Å². The van der Waals surface area contributed by atoms with Crippen molar-refractivity contribution in [1.82, 2.24) is 0 Å². The predicted octanol–water partition coefficient (Wildman–Crippen LogP) is 7.15. The molecule has 0 N–H and O–H groups in total. The fraction of sp³-hybridized carbons (Fsp3) is 0.565. The van der Waals surface area contributed by atoms with Crippen molar-refractivity contribution in [3.63, 3.8) is 0 Å². The summed E-state index contributed by atoms with van der Waals surface area (Å²) < 4.78 is 0. The van der Waals surface area contributed by atoms with Crippen LogP contribution in [0.25, 0.3) is 0 Å². The number of rotatable bonds is 0. The van der Waals surface area contributed by atoms with Crippen molar-refractivity contribution < 1.29 is 23.3 Å². The Morgan fingerprint density at radius 3 is 1.07 bits per heavy atom. The first-order valence-corrected chi connectivity index (χ1v) is 14.6. The zero-order chi connectivity index (χ0) is 19.6. The molecule has 4 heteroatoms. The maximum absolute atomic E-state index is 3.26. The minimum atomic E-state index is 0. The maximum atomic E-state index is 3.26. The van der Waals surface area contributed by atoms with E-state index >= 15 is 0 Å². The van der Waals surface area contributed by atoms with Crippen molar-refractivity contribution >= 4 is 31.7 Å². The third-order valence-corrected chi connectivity index (χ3v) is 3.59. The molecule has 0 spiro atoms. The molecule has 0 heterocycles. The van der Waals surface area contributed by atoms with E-state index in [9.17, 15) is 0 Å². The Hall–Kier alpha value is 0.640. The van der Waals surface area contributed by atoms with Gasteiger partial charge in [0, 0.05) is 0 Å². The monoisotopic (exact) mass is 506 g/mol. The Kier molecular flexibility index (Phi) is 26.4. The molecule has 0 saturated heterocycles. The summed E-state index contributed by atoms with van der Waals surface area (Å²) in [7, 11) is 0. The van der Waals surface area contributed by atoms with Crippen molar-refractivity contribution in [1.29, 1.82) is 0 Å². The van der Waals surface area contributed by atoms with Gasteiger partial charge in [-0.05, 0) is 0 Å². The van der Waals surface area contributed by atoms with Gasteiger partial charge < -0.3 is 14.4 Å². The second-order valence-corrected chi connectivity index (χ2v) is 7.94. The van der Waals surface area contributed by atoms with Gasteiger partial charge in [-0.1, -0.05) is 78.1 Å². The molecule has 2 atom stereocenters. The molecule has 27 heavy (non-hydrogen) atoms. The van der Waals surface area contributed by atoms with E-state index in [2.05, 4.69) is 98.8 Å².